The van der Waals surface area contributed by atoms with Crippen LogP contribution in [-0.4, -0.2) is 40.8 Å². The van der Waals surface area contributed by atoms with E-state index in [9.17, 15) is 4.79 Å². The summed E-state index contributed by atoms with van der Waals surface area (Å²) in [5.41, 5.74) is -0.418. The normalized spacial score (nSPS) is 31.8. The third-order valence-corrected chi connectivity index (χ3v) is 5.94. The number of carbonyl (C=O) groups is 1. The van der Waals surface area contributed by atoms with Crippen LogP contribution in [0.3, 0.4) is 0 Å². The lowest BCUT2D eigenvalue weighted by Crippen LogP contribution is -2.45. The van der Waals surface area contributed by atoms with Crippen LogP contribution in [0, 0.1) is 0 Å². The van der Waals surface area contributed by atoms with Crippen LogP contribution in [0.2, 0.25) is 0 Å². The summed E-state index contributed by atoms with van der Waals surface area (Å²) in [7, 11) is 0. The van der Waals surface area contributed by atoms with Gasteiger partial charge in [0, 0.05) is 23.4 Å². The van der Waals surface area contributed by atoms with Crippen molar-refractivity contribution in [3.05, 3.63) is 0 Å². The Balaban J connectivity index is 1.63. The molecule has 0 radical (unpaired) electrons. The van der Waals surface area contributed by atoms with Crippen molar-refractivity contribution in [3.63, 3.8) is 0 Å². The summed E-state index contributed by atoms with van der Waals surface area (Å²) in [5, 5.41) is 7.75. The zero-order valence-electron chi connectivity index (χ0n) is 15.2. The molecule has 0 saturated heterocycles. The van der Waals surface area contributed by atoms with Gasteiger partial charge in [-0.25, -0.2) is 4.79 Å². The fraction of sp³-hybridized carbons (Fsp3) is 0.944. The molecule has 2 aliphatic rings. The van der Waals surface area contributed by atoms with E-state index in [1.54, 1.807) is 0 Å². The predicted octanol–water partition coefficient (Wildman–Crippen LogP) is 4.09. The van der Waals surface area contributed by atoms with E-state index in [0.29, 0.717) is 12.1 Å². The Kier molecular flexibility index (Phi) is 7.08. The highest BCUT2D eigenvalue weighted by molar-refractivity contribution is 7.99. The van der Waals surface area contributed by atoms with Gasteiger partial charge >= 0.3 is 6.09 Å². The van der Waals surface area contributed by atoms with E-state index in [1.165, 1.54) is 25.0 Å². The molecule has 2 atom stereocenters. The van der Waals surface area contributed by atoms with Gasteiger partial charge in [0.2, 0.25) is 0 Å². The lowest BCUT2D eigenvalue weighted by atomic mass is 9.90. The van der Waals surface area contributed by atoms with E-state index < -0.39 is 5.60 Å². The zero-order valence-corrected chi connectivity index (χ0v) is 16.0. The first-order valence-corrected chi connectivity index (χ1v) is 10.3. The number of alkyl carbamates (subject to hydrolysis) is 1. The first-order chi connectivity index (χ1) is 10.9. The predicted molar refractivity (Wildman–Crippen MR) is 98.1 cm³/mol. The van der Waals surface area contributed by atoms with E-state index in [-0.39, 0.29) is 12.1 Å². The Bertz CT molecular complexity index is 376. The second-order valence-electron chi connectivity index (χ2n) is 7.95. The highest BCUT2D eigenvalue weighted by Gasteiger charge is 2.29. The Morgan fingerprint density at radius 3 is 2.26 bits per heavy atom. The lowest BCUT2D eigenvalue weighted by Gasteiger charge is -2.32. The van der Waals surface area contributed by atoms with Gasteiger partial charge in [0.25, 0.3) is 0 Å². The molecule has 0 aromatic carbocycles. The maximum Gasteiger partial charge on any atom is 0.407 e. The third kappa shape index (κ3) is 6.92. The molecule has 2 N–H and O–H groups in total. The summed E-state index contributed by atoms with van der Waals surface area (Å²) in [6, 6.07) is 1.61. The minimum atomic E-state index is -0.418. The number of nitrogens with one attached hydrogen (secondary N) is 2. The fourth-order valence-corrected chi connectivity index (χ4v) is 4.83. The Morgan fingerprint density at radius 1 is 1.04 bits per heavy atom. The van der Waals surface area contributed by atoms with Crippen molar-refractivity contribution in [2.24, 2.45) is 0 Å². The molecule has 0 heterocycles. The maximum atomic E-state index is 11.8. The van der Waals surface area contributed by atoms with Crippen molar-refractivity contribution in [2.45, 2.75) is 102 Å². The van der Waals surface area contributed by atoms with Gasteiger partial charge in [0.15, 0.2) is 0 Å². The van der Waals surface area contributed by atoms with Gasteiger partial charge < -0.3 is 15.4 Å². The highest BCUT2D eigenvalue weighted by Crippen LogP contribution is 2.31. The van der Waals surface area contributed by atoms with Crippen molar-refractivity contribution < 1.29 is 9.53 Å². The van der Waals surface area contributed by atoms with Gasteiger partial charge in [-0.15, -0.1) is 0 Å². The summed E-state index contributed by atoms with van der Waals surface area (Å²) < 4.78 is 5.34. The number of amides is 1. The molecule has 4 nitrogen and oxygen atoms in total. The standard InChI is InChI=1S/C18H34N2O2S/c1-5-23-16-11-10-15(12-16)19-13-6-8-14(9-7-13)20-17(21)22-18(2,3)4/h13-16,19H,5-12H2,1-4H3,(H,20,21). The Labute approximate surface area is 145 Å². The van der Waals surface area contributed by atoms with Crippen LogP contribution < -0.4 is 10.6 Å². The molecule has 23 heavy (non-hydrogen) atoms. The summed E-state index contributed by atoms with van der Waals surface area (Å²) in [6.07, 6.45) is 8.16. The van der Waals surface area contributed by atoms with Crippen molar-refractivity contribution in [1.29, 1.82) is 0 Å². The van der Waals surface area contributed by atoms with Crippen molar-refractivity contribution in [1.82, 2.24) is 10.6 Å². The quantitative estimate of drug-likeness (QED) is 0.790. The third-order valence-electron chi connectivity index (χ3n) is 4.71. The lowest BCUT2D eigenvalue weighted by molar-refractivity contribution is 0.0489. The minimum absolute atomic E-state index is 0.273. The average molecular weight is 343 g/mol. The van der Waals surface area contributed by atoms with Gasteiger partial charge in [0.05, 0.1) is 0 Å². The molecule has 0 bridgehead atoms. The molecule has 5 heteroatoms. The largest absolute Gasteiger partial charge is 0.444 e. The molecule has 0 aromatic rings. The van der Waals surface area contributed by atoms with Crippen LogP contribution in [0.15, 0.2) is 0 Å². The number of rotatable bonds is 5. The molecule has 2 aliphatic carbocycles. The summed E-state index contributed by atoms with van der Waals surface area (Å²) in [5.74, 6) is 1.23. The fourth-order valence-electron chi connectivity index (χ4n) is 3.69. The molecular formula is C18H34N2O2S. The molecule has 134 valence electrons. The van der Waals surface area contributed by atoms with Crippen LogP contribution in [0.4, 0.5) is 4.79 Å². The van der Waals surface area contributed by atoms with Crippen LogP contribution in [0.25, 0.3) is 0 Å². The number of hydrogen-bond acceptors (Lipinski definition) is 4. The molecule has 2 rings (SSSR count). The van der Waals surface area contributed by atoms with Crippen molar-refractivity contribution in [2.75, 3.05) is 5.75 Å². The summed E-state index contributed by atoms with van der Waals surface area (Å²) in [6.45, 7) is 7.96. The Morgan fingerprint density at radius 2 is 1.65 bits per heavy atom. The van der Waals surface area contributed by atoms with Crippen LogP contribution in [-0.2, 0) is 4.74 Å². The van der Waals surface area contributed by atoms with Gasteiger partial charge in [-0.2, -0.15) is 11.8 Å². The molecule has 1 amide bonds. The minimum Gasteiger partial charge on any atom is -0.444 e. The van der Waals surface area contributed by atoms with Crippen LogP contribution >= 0.6 is 11.8 Å². The number of thioether (sulfide) groups is 1. The number of hydrogen-bond donors (Lipinski definition) is 2. The second-order valence-corrected chi connectivity index (χ2v) is 9.53. The van der Waals surface area contributed by atoms with Gasteiger partial charge in [0.1, 0.15) is 5.60 Å². The summed E-state index contributed by atoms with van der Waals surface area (Å²) in [4.78, 5) is 11.8. The molecule has 0 aromatic heterocycles. The number of carbonyl (C=O) groups excluding carboxylic acids is 1. The average Bonchev–Trinajstić information content (AvgIpc) is 2.87. The van der Waals surface area contributed by atoms with Crippen molar-refractivity contribution >= 4 is 17.9 Å². The molecular weight excluding hydrogens is 308 g/mol. The smallest absolute Gasteiger partial charge is 0.407 e. The van der Waals surface area contributed by atoms with Crippen LogP contribution in [0.5, 0.6) is 0 Å². The van der Waals surface area contributed by atoms with Crippen molar-refractivity contribution in [3.8, 4) is 0 Å². The number of ether oxygens (including phenoxy) is 1. The Hall–Kier alpha value is -0.420. The summed E-state index contributed by atoms with van der Waals surface area (Å²) >= 11 is 2.11. The monoisotopic (exact) mass is 342 g/mol. The van der Waals surface area contributed by atoms with Gasteiger partial charge in [-0.1, -0.05) is 6.92 Å². The van der Waals surface area contributed by atoms with E-state index >= 15 is 0 Å². The topological polar surface area (TPSA) is 50.4 Å². The second kappa shape index (κ2) is 8.61. The first-order valence-electron chi connectivity index (χ1n) is 9.23. The first kappa shape index (κ1) is 18.9. The van der Waals surface area contributed by atoms with E-state index in [0.717, 1.165) is 30.9 Å². The van der Waals surface area contributed by atoms with E-state index in [2.05, 4.69) is 29.3 Å². The van der Waals surface area contributed by atoms with Gasteiger partial charge in [-0.05, 0) is 71.5 Å². The molecule has 2 fully saturated rings. The maximum absolute atomic E-state index is 11.8. The SMILES string of the molecule is CCSC1CCC(NC2CCC(NC(=O)OC(C)(C)C)CC2)C1. The molecule has 0 aliphatic heterocycles. The molecule has 2 unspecified atom stereocenters. The van der Waals surface area contributed by atoms with E-state index in [1.807, 2.05) is 20.8 Å². The van der Waals surface area contributed by atoms with E-state index in [4.69, 9.17) is 4.74 Å². The molecule has 2 saturated carbocycles. The zero-order chi connectivity index (χ0) is 16.9. The molecule has 0 spiro atoms. The highest BCUT2D eigenvalue weighted by atomic mass is 32.2. The van der Waals surface area contributed by atoms with Crippen LogP contribution in [0.1, 0.15) is 72.6 Å². The van der Waals surface area contributed by atoms with Gasteiger partial charge in [-0.3, -0.25) is 0 Å².